The standard InChI is InChI=1S/C26H30N4O6S2/c1-5-35-23-7-11-25(12-8-23)37(31,32)29-27-17-21-15-20(4)22(16-19(21)3)18-28-30-38(33,34)26-13-9-24(10-14-26)36-6-2/h7-18,29-30H,5-6H2,1-4H3/b27-17-,28-18-. The van der Waals surface area contributed by atoms with Crippen LogP contribution in [0.5, 0.6) is 11.5 Å². The number of sulfonamides is 2. The molecule has 12 heteroatoms. The molecule has 0 saturated heterocycles. The average molecular weight is 559 g/mol. The van der Waals surface area contributed by atoms with E-state index in [-0.39, 0.29) is 9.79 Å². The summed E-state index contributed by atoms with van der Waals surface area (Å²) in [5.74, 6) is 1.15. The van der Waals surface area contributed by atoms with Crippen molar-refractivity contribution in [3.05, 3.63) is 82.9 Å². The third kappa shape index (κ3) is 7.56. The highest BCUT2D eigenvalue weighted by atomic mass is 32.2. The second kappa shape index (κ2) is 12.6. The molecule has 0 aromatic heterocycles. The van der Waals surface area contributed by atoms with E-state index in [9.17, 15) is 16.8 Å². The quantitative estimate of drug-likeness (QED) is 0.257. The average Bonchev–Trinajstić information content (AvgIpc) is 2.87. The summed E-state index contributed by atoms with van der Waals surface area (Å²) >= 11 is 0. The molecule has 0 saturated carbocycles. The third-order valence-electron chi connectivity index (χ3n) is 5.30. The maximum atomic E-state index is 12.5. The highest BCUT2D eigenvalue weighted by molar-refractivity contribution is 7.89. The minimum Gasteiger partial charge on any atom is -0.494 e. The predicted molar refractivity (Wildman–Crippen MR) is 147 cm³/mol. The number of rotatable bonds is 12. The highest BCUT2D eigenvalue weighted by Gasteiger charge is 2.14. The van der Waals surface area contributed by atoms with Gasteiger partial charge in [0, 0.05) is 0 Å². The molecule has 10 nitrogen and oxygen atoms in total. The van der Waals surface area contributed by atoms with Crippen molar-refractivity contribution >= 4 is 32.5 Å². The molecule has 0 aliphatic heterocycles. The van der Waals surface area contributed by atoms with Gasteiger partial charge in [0.1, 0.15) is 11.5 Å². The number of nitrogens with one attached hydrogen (secondary N) is 2. The summed E-state index contributed by atoms with van der Waals surface area (Å²) in [6, 6.07) is 15.7. The number of hydrazone groups is 2. The van der Waals surface area contributed by atoms with Crippen molar-refractivity contribution in [3.63, 3.8) is 0 Å². The first-order valence-electron chi connectivity index (χ1n) is 11.7. The molecule has 2 N–H and O–H groups in total. The second-order valence-electron chi connectivity index (χ2n) is 8.08. The van der Waals surface area contributed by atoms with Crippen LogP contribution in [0.25, 0.3) is 0 Å². The van der Waals surface area contributed by atoms with Crippen molar-refractivity contribution < 1.29 is 26.3 Å². The van der Waals surface area contributed by atoms with E-state index in [1.54, 1.807) is 36.4 Å². The van der Waals surface area contributed by atoms with Gasteiger partial charge in [-0.2, -0.15) is 27.0 Å². The first-order chi connectivity index (χ1) is 18.1. The van der Waals surface area contributed by atoms with E-state index in [0.29, 0.717) is 35.8 Å². The lowest BCUT2D eigenvalue weighted by Crippen LogP contribution is -2.18. The molecule has 202 valence electrons. The van der Waals surface area contributed by atoms with Crippen LogP contribution in [0.1, 0.15) is 36.1 Å². The summed E-state index contributed by atoms with van der Waals surface area (Å²) in [4.78, 5) is 4.53. The highest BCUT2D eigenvalue weighted by Crippen LogP contribution is 2.18. The van der Waals surface area contributed by atoms with Crippen LogP contribution in [-0.4, -0.2) is 42.5 Å². The summed E-state index contributed by atoms with van der Waals surface area (Å²) in [6.07, 6.45) is 2.81. The molecule has 0 fully saturated rings. The molecule has 0 bridgehead atoms. The first-order valence-corrected chi connectivity index (χ1v) is 14.7. The Balaban J connectivity index is 1.66. The van der Waals surface area contributed by atoms with Gasteiger partial charge >= 0.3 is 0 Å². The smallest absolute Gasteiger partial charge is 0.276 e. The van der Waals surface area contributed by atoms with Gasteiger partial charge in [-0.3, -0.25) is 0 Å². The maximum absolute atomic E-state index is 12.5. The zero-order valence-corrected chi connectivity index (χ0v) is 23.1. The fourth-order valence-corrected chi connectivity index (χ4v) is 4.92. The van der Waals surface area contributed by atoms with E-state index in [4.69, 9.17) is 9.47 Å². The minimum absolute atomic E-state index is 0.0604. The zero-order valence-electron chi connectivity index (χ0n) is 21.5. The summed E-state index contributed by atoms with van der Waals surface area (Å²) in [7, 11) is -7.69. The number of aryl methyl sites for hydroxylation is 2. The fourth-order valence-electron chi connectivity index (χ4n) is 3.34. The van der Waals surface area contributed by atoms with Gasteiger partial charge in [-0.1, -0.05) is 0 Å². The lowest BCUT2D eigenvalue weighted by atomic mass is 10.0. The minimum atomic E-state index is -3.84. The van der Waals surface area contributed by atoms with Gasteiger partial charge in [0.15, 0.2) is 0 Å². The molecule has 0 spiro atoms. The molecule has 0 aliphatic carbocycles. The van der Waals surface area contributed by atoms with Gasteiger partial charge < -0.3 is 9.47 Å². The molecule has 38 heavy (non-hydrogen) atoms. The van der Waals surface area contributed by atoms with E-state index in [1.807, 2.05) is 27.7 Å². The number of ether oxygens (including phenoxy) is 2. The van der Waals surface area contributed by atoms with E-state index >= 15 is 0 Å². The van der Waals surface area contributed by atoms with E-state index in [2.05, 4.69) is 19.9 Å². The van der Waals surface area contributed by atoms with Crippen molar-refractivity contribution in [2.75, 3.05) is 13.2 Å². The number of hydrogen-bond donors (Lipinski definition) is 2. The van der Waals surface area contributed by atoms with Gasteiger partial charge in [0.05, 0.1) is 35.4 Å². The number of nitrogens with zero attached hydrogens (tertiary/aromatic N) is 2. The first kappa shape index (κ1) is 28.7. The Morgan fingerprint density at radius 3 is 1.32 bits per heavy atom. The van der Waals surface area contributed by atoms with Gasteiger partial charge in [-0.25, -0.2) is 9.66 Å². The number of benzene rings is 3. The lowest BCUT2D eigenvalue weighted by Gasteiger charge is -2.08. The van der Waals surface area contributed by atoms with E-state index < -0.39 is 20.0 Å². The molecule has 3 rings (SSSR count). The van der Waals surface area contributed by atoms with Crippen LogP contribution < -0.4 is 19.1 Å². The summed E-state index contributed by atoms with van der Waals surface area (Å²) < 4.78 is 60.7. The van der Waals surface area contributed by atoms with Crippen LogP contribution >= 0.6 is 0 Å². The molecule has 0 atom stereocenters. The topological polar surface area (TPSA) is 136 Å². The molecule has 0 amide bonds. The van der Waals surface area contributed by atoms with Gasteiger partial charge in [0.25, 0.3) is 20.0 Å². The van der Waals surface area contributed by atoms with Crippen molar-refractivity contribution in [3.8, 4) is 11.5 Å². The molecule has 0 unspecified atom stereocenters. The van der Waals surface area contributed by atoms with Crippen molar-refractivity contribution in [2.45, 2.75) is 37.5 Å². The fraction of sp³-hybridized carbons (Fsp3) is 0.231. The lowest BCUT2D eigenvalue weighted by molar-refractivity contribution is 0.340. The Morgan fingerprint density at radius 1 is 0.658 bits per heavy atom. The number of hydrogen-bond acceptors (Lipinski definition) is 8. The van der Waals surface area contributed by atoms with Gasteiger partial charge in [-0.15, -0.1) is 0 Å². The summed E-state index contributed by atoms with van der Waals surface area (Å²) in [5, 5.41) is 7.79. The van der Waals surface area contributed by atoms with Crippen LogP contribution in [0.2, 0.25) is 0 Å². The van der Waals surface area contributed by atoms with Crippen LogP contribution in [-0.2, 0) is 20.0 Å². The molecular formula is C26H30N4O6S2. The Labute approximate surface area is 223 Å². The molecule has 0 radical (unpaired) electrons. The Morgan fingerprint density at radius 2 is 1.00 bits per heavy atom. The third-order valence-corrected chi connectivity index (χ3v) is 7.77. The van der Waals surface area contributed by atoms with Crippen molar-refractivity contribution in [1.82, 2.24) is 9.66 Å². The summed E-state index contributed by atoms with van der Waals surface area (Å²) in [5.41, 5.74) is 2.94. The van der Waals surface area contributed by atoms with Crippen molar-refractivity contribution in [2.24, 2.45) is 10.2 Å². The van der Waals surface area contributed by atoms with Gasteiger partial charge in [-0.05, 0) is 111 Å². The molecule has 3 aromatic carbocycles. The predicted octanol–water partition coefficient (Wildman–Crippen LogP) is 3.73. The molecule has 3 aromatic rings. The van der Waals surface area contributed by atoms with E-state index in [1.165, 1.54) is 36.7 Å². The van der Waals surface area contributed by atoms with Crippen LogP contribution in [0.15, 0.2) is 80.7 Å². The SMILES string of the molecule is CCOc1ccc(S(=O)(=O)N/N=C\c2cc(C)c(/C=N\NS(=O)(=O)c3ccc(OCC)cc3)cc2C)cc1. The zero-order chi connectivity index (χ0) is 27.8. The van der Waals surface area contributed by atoms with Crippen LogP contribution in [0.4, 0.5) is 0 Å². The van der Waals surface area contributed by atoms with E-state index in [0.717, 1.165) is 11.1 Å². The monoisotopic (exact) mass is 558 g/mol. The second-order valence-corrected chi connectivity index (χ2v) is 11.4. The molecular weight excluding hydrogens is 528 g/mol. The Kier molecular flexibility index (Phi) is 9.48. The van der Waals surface area contributed by atoms with Crippen molar-refractivity contribution in [1.29, 1.82) is 0 Å². The molecule has 0 heterocycles. The maximum Gasteiger partial charge on any atom is 0.276 e. The molecule has 0 aliphatic rings. The van der Waals surface area contributed by atoms with Crippen LogP contribution in [0.3, 0.4) is 0 Å². The van der Waals surface area contributed by atoms with Gasteiger partial charge in [0.2, 0.25) is 0 Å². The normalized spacial score (nSPS) is 12.1. The summed E-state index contributed by atoms with van der Waals surface area (Å²) in [6.45, 7) is 8.30. The Bertz CT molecular complexity index is 1400. The van der Waals surface area contributed by atoms with Crippen LogP contribution in [0, 0.1) is 13.8 Å². The Hall–Kier alpha value is -3.90. The largest absolute Gasteiger partial charge is 0.494 e.